The molecule has 1 fully saturated rings. The molecule has 106 valence electrons. The minimum Gasteiger partial charge on any atom is -0.300 e. The molecule has 2 heterocycles. The maximum atomic E-state index is 14.3. The van der Waals surface area contributed by atoms with Gasteiger partial charge in [0.15, 0.2) is 0 Å². The molecule has 2 unspecified atom stereocenters. The molecule has 1 aromatic carbocycles. The van der Waals surface area contributed by atoms with E-state index in [1.54, 1.807) is 10.9 Å². The molecule has 0 aliphatic carbocycles. The molecule has 1 aliphatic rings. The molecule has 1 aliphatic heterocycles. The fourth-order valence-corrected chi connectivity index (χ4v) is 2.87. The van der Waals surface area contributed by atoms with E-state index >= 15 is 0 Å². The Kier molecular flexibility index (Phi) is 4.11. The molecule has 0 N–H and O–H groups in total. The zero-order chi connectivity index (χ0) is 13.8. The van der Waals surface area contributed by atoms with E-state index in [9.17, 15) is 4.39 Å². The lowest BCUT2D eigenvalue weighted by atomic mass is 10.0. The molecule has 3 nitrogen and oxygen atoms in total. The number of rotatable bonds is 4. The number of aromatic nitrogens is 2. The van der Waals surface area contributed by atoms with Crippen molar-refractivity contribution in [3.05, 3.63) is 54.4 Å². The van der Waals surface area contributed by atoms with Crippen LogP contribution in [0.25, 0.3) is 0 Å². The summed E-state index contributed by atoms with van der Waals surface area (Å²) in [4.78, 5) is 2.22. The molecule has 1 saturated heterocycles. The minimum atomic E-state index is -0.834. The van der Waals surface area contributed by atoms with Crippen molar-refractivity contribution in [1.82, 2.24) is 14.7 Å². The Morgan fingerprint density at radius 3 is 2.75 bits per heavy atom. The number of hydrogen-bond donors (Lipinski definition) is 0. The van der Waals surface area contributed by atoms with Crippen molar-refractivity contribution < 1.29 is 4.39 Å². The Hall–Kier alpha value is -1.68. The van der Waals surface area contributed by atoms with E-state index in [1.807, 2.05) is 18.3 Å². The van der Waals surface area contributed by atoms with Crippen LogP contribution in [0.4, 0.5) is 4.39 Å². The number of benzene rings is 1. The van der Waals surface area contributed by atoms with Crippen LogP contribution in [0, 0.1) is 0 Å². The predicted molar refractivity (Wildman–Crippen MR) is 77.4 cm³/mol. The SMILES string of the molecule is FC1CN(CCc2ccccc2)CCC1n1cccn1. The van der Waals surface area contributed by atoms with Gasteiger partial charge in [-0.25, -0.2) is 4.39 Å². The van der Waals surface area contributed by atoms with Crippen LogP contribution in [-0.4, -0.2) is 40.5 Å². The highest BCUT2D eigenvalue weighted by Crippen LogP contribution is 2.24. The van der Waals surface area contributed by atoms with E-state index in [2.05, 4.69) is 34.3 Å². The summed E-state index contributed by atoms with van der Waals surface area (Å²) in [5.74, 6) is 0. The van der Waals surface area contributed by atoms with Crippen molar-refractivity contribution in [2.75, 3.05) is 19.6 Å². The van der Waals surface area contributed by atoms with Gasteiger partial charge in [0.25, 0.3) is 0 Å². The van der Waals surface area contributed by atoms with Gasteiger partial charge in [-0.2, -0.15) is 5.10 Å². The van der Waals surface area contributed by atoms with Crippen LogP contribution in [0.2, 0.25) is 0 Å². The highest BCUT2D eigenvalue weighted by molar-refractivity contribution is 5.14. The third-order valence-electron chi connectivity index (χ3n) is 4.02. The third-order valence-corrected chi connectivity index (χ3v) is 4.02. The predicted octanol–water partition coefficient (Wildman–Crippen LogP) is 2.71. The zero-order valence-electron chi connectivity index (χ0n) is 11.5. The fourth-order valence-electron chi connectivity index (χ4n) is 2.87. The lowest BCUT2D eigenvalue weighted by molar-refractivity contribution is 0.0846. The van der Waals surface area contributed by atoms with Crippen LogP contribution in [0.3, 0.4) is 0 Å². The monoisotopic (exact) mass is 273 g/mol. The Morgan fingerprint density at radius 1 is 1.20 bits per heavy atom. The summed E-state index contributed by atoms with van der Waals surface area (Å²) in [7, 11) is 0. The Morgan fingerprint density at radius 2 is 2.05 bits per heavy atom. The van der Waals surface area contributed by atoms with E-state index < -0.39 is 6.17 Å². The number of likely N-dealkylation sites (tertiary alicyclic amines) is 1. The molecule has 0 radical (unpaired) electrons. The van der Waals surface area contributed by atoms with Crippen LogP contribution in [0.5, 0.6) is 0 Å². The zero-order valence-corrected chi connectivity index (χ0v) is 11.5. The van der Waals surface area contributed by atoms with Crippen molar-refractivity contribution in [3.8, 4) is 0 Å². The topological polar surface area (TPSA) is 21.1 Å². The standard InChI is InChI=1S/C16H20FN3/c17-15-13-19(11-7-14-5-2-1-3-6-14)12-8-16(15)20-10-4-9-18-20/h1-6,9-10,15-16H,7-8,11-13H2. The van der Waals surface area contributed by atoms with E-state index in [0.717, 1.165) is 25.9 Å². The minimum absolute atomic E-state index is 0.0991. The quantitative estimate of drug-likeness (QED) is 0.854. The Balaban J connectivity index is 1.52. The molecule has 4 heteroatoms. The second-order valence-electron chi connectivity index (χ2n) is 5.39. The Bertz CT molecular complexity index is 512. The molecule has 1 aromatic heterocycles. The maximum Gasteiger partial charge on any atom is 0.135 e. The van der Waals surface area contributed by atoms with E-state index in [4.69, 9.17) is 0 Å². The molecule has 20 heavy (non-hydrogen) atoms. The Labute approximate surface area is 119 Å². The van der Waals surface area contributed by atoms with Gasteiger partial charge in [-0.3, -0.25) is 9.58 Å². The summed E-state index contributed by atoms with van der Waals surface area (Å²) < 4.78 is 16.0. The van der Waals surface area contributed by atoms with Gasteiger partial charge in [0.2, 0.25) is 0 Å². The molecule has 0 saturated carbocycles. The van der Waals surface area contributed by atoms with Crippen LogP contribution < -0.4 is 0 Å². The van der Waals surface area contributed by atoms with Crippen molar-refractivity contribution in [3.63, 3.8) is 0 Å². The van der Waals surface area contributed by atoms with Gasteiger partial charge in [-0.1, -0.05) is 30.3 Å². The van der Waals surface area contributed by atoms with Gasteiger partial charge in [-0.15, -0.1) is 0 Å². The maximum absolute atomic E-state index is 14.3. The summed E-state index contributed by atoms with van der Waals surface area (Å²) in [6.45, 7) is 2.38. The summed E-state index contributed by atoms with van der Waals surface area (Å²) in [6.07, 6.45) is 4.56. The van der Waals surface area contributed by atoms with E-state index in [-0.39, 0.29) is 6.04 Å². The number of hydrogen-bond acceptors (Lipinski definition) is 2. The van der Waals surface area contributed by atoms with E-state index in [1.165, 1.54) is 5.56 Å². The smallest absolute Gasteiger partial charge is 0.135 e. The van der Waals surface area contributed by atoms with Crippen molar-refractivity contribution in [1.29, 1.82) is 0 Å². The normalized spacial score (nSPS) is 23.9. The molecular weight excluding hydrogens is 253 g/mol. The average Bonchev–Trinajstić information content (AvgIpc) is 3.00. The number of alkyl halides is 1. The molecule has 0 amide bonds. The summed E-state index contributed by atoms with van der Waals surface area (Å²) in [5, 5.41) is 4.17. The van der Waals surface area contributed by atoms with Gasteiger partial charge in [-0.05, 0) is 24.5 Å². The van der Waals surface area contributed by atoms with Crippen molar-refractivity contribution >= 4 is 0 Å². The highest BCUT2D eigenvalue weighted by Gasteiger charge is 2.30. The first kappa shape index (κ1) is 13.3. The largest absolute Gasteiger partial charge is 0.300 e. The molecule has 3 rings (SSSR count). The third kappa shape index (κ3) is 3.07. The lowest BCUT2D eigenvalue weighted by Crippen LogP contribution is -2.43. The number of piperidine rings is 1. The molecule has 2 atom stereocenters. The van der Waals surface area contributed by atoms with Gasteiger partial charge in [0, 0.05) is 32.0 Å². The first-order valence-electron chi connectivity index (χ1n) is 7.22. The lowest BCUT2D eigenvalue weighted by Gasteiger charge is -2.34. The van der Waals surface area contributed by atoms with Crippen LogP contribution >= 0.6 is 0 Å². The van der Waals surface area contributed by atoms with Crippen molar-refractivity contribution in [2.24, 2.45) is 0 Å². The summed E-state index contributed by atoms with van der Waals surface area (Å²) in [5.41, 5.74) is 1.32. The van der Waals surface area contributed by atoms with Crippen LogP contribution in [0.15, 0.2) is 48.8 Å². The van der Waals surface area contributed by atoms with Crippen LogP contribution in [0.1, 0.15) is 18.0 Å². The molecule has 0 spiro atoms. The van der Waals surface area contributed by atoms with Gasteiger partial charge in [0.1, 0.15) is 6.17 Å². The molecule has 0 bridgehead atoms. The number of halogens is 1. The second-order valence-corrected chi connectivity index (χ2v) is 5.39. The van der Waals surface area contributed by atoms with Gasteiger partial charge < -0.3 is 0 Å². The first-order valence-corrected chi connectivity index (χ1v) is 7.22. The average molecular weight is 273 g/mol. The van der Waals surface area contributed by atoms with Crippen LogP contribution in [-0.2, 0) is 6.42 Å². The fraction of sp³-hybridized carbons (Fsp3) is 0.438. The number of nitrogens with zero attached hydrogens (tertiary/aromatic N) is 3. The second kappa shape index (κ2) is 6.18. The molecular formula is C16H20FN3. The summed E-state index contributed by atoms with van der Waals surface area (Å²) >= 11 is 0. The highest BCUT2D eigenvalue weighted by atomic mass is 19.1. The summed E-state index contributed by atoms with van der Waals surface area (Å²) in [6, 6.07) is 12.1. The van der Waals surface area contributed by atoms with E-state index in [0.29, 0.717) is 6.54 Å². The molecule has 2 aromatic rings. The van der Waals surface area contributed by atoms with Crippen molar-refractivity contribution in [2.45, 2.75) is 25.1 Å². The van der Waals surface area contributed by atoms with Gasteiger partial charge >= 0.3 is 0 Å². The first-order chi connectivity index (χ1) is 9.83. The van der Waals surface area contributed by atoms with Gasteiger partial charge in [0.05, 0.1) is 6.04 Å².